The van der Waals surface area contributed by atoms with Crippen molar-refractivity contribution < 1.29 is 9.53 Å². The molecule has 0 spiro atoms. The average Bonchev–Trinajstić information content (AvgIpc) is 3.12. The number of fused-ring (bicyclic) bond motifs is 2. The summed E-state index contributed by atoms with van der Waals surface area (Å²) in [4.78, 5) is 17.7. The molecular formula is C19H18N2O2. The molecular weight excluding hydrogens is 288 g/mol. The first-order valence-electron chi connectivity index (χ1n) is 7.77. The van der Waals surface area contributed by atoms with E-state index in [2.05, 4.69) is 17.1 Å². The van der Waals surface area contributed by atoms with Crippen LogP contribution in [0, 0.1) is 0 Å². The lowest BCUT2D eigenvalue weighted by Crippen LogP contribution is -2.31. The molecule has 4 rings (SSSR count). The van der Waals surface area contributed by atoms with Crippen molar-refractivity contribution in [2.45, 2.75) is 12.6 Å². The van der Waals surface area contributed by atoms with E-state index in [0.717, 1.165) is 23.1 Å². The van der Waals surface area contributed by atoms with Gasteiger partial charge >= 0.3 is 0 Å². The molecule has 4 heteroatoms. The minimum Gasteiger partial charge on any atom is -0.361 e. The fourth-order valence-electron chi connectivity index (χ4n) is 3.39. The summed E-state index contributed by atoms with van der Waals surface area (Å²) < 4.78 is 5.58. The van der Waals surface area contributed by atoms with Gasteiger partial charge in [-0.1, -0.05) is 36.4 Å². The monoisotopic (exact) mass is 306 g/mol. The van der Waals surface area contributed by atoms with E-state index in [-0.39, 0.29) is 12.1 Å². The van der Waals surface area contributed by atoms with Crippen molar-refractivity contribution in [2.75, 3.05) is 13.7 Å². The highest BCUT2D eigenvalue weighted by atomic mass is 16.5. The summed E-state index contributed by atoms with van der Waals surface area (Å²) in [6, 6.07) is 15.9. The molecule has 116 valence electrons. The molecule has 0 radical (unpaired) electrons. The molecule has 3 aromatic rings. The molecule has 0 bridgehead atoms. The Hall–Kier alpha value is -2.59. The highest BCUT2D eigenvalue weighted by Crippen LogP contribution is 2.34. The number of amides is 1. The molecule has 1 unspecified atom stereocenters. The molecule has 1 aliphatic rings. The van der Waals surface area contributed by atoms with Gasteiger partial charge in [0, 0.05) is 41.9 Å². The molecule has 0 fully saturated rings. The zero-order valence-corrected chi connectivity index (χ0v) is 13.0. The maximum absolute atomic E-state index is 12.6. The second kappa shape index (κ2) is 5.56. The molecule has 2 heterocycles. The summed E-state index contributed by atoms with van der Waals surface area (Å²) in [7, 11) is 1.65. The first kappa shape index (κ1) is 14.0. The number of benzene rings is 2. The van der Waals surface area contributed by atoms with E-state index < -0.39 is 0 Å². The van der Waals surface area contributed by atoms with Crippen molar-refractivity contribution in [1.82, 2.24) is 9.88 Å². The smallest absolute Gasteiger partial charge is 0.256 e. The maximum Gasteiger partial charge on any atom is 0.256 e. The largest absolute Gasteiger partial charge is 0.361 e. The lowest BCUT2D eigenvalue weighted by Gasteiger charge is -2.23. The van der Waals surface area contributed by atoms with Crippen molar-refractivity contribution in [3.8, 4) is 0 Å². The Labute approximate surface area is 134 Å². The van der Waals surface area contributed by atoms with E-state index in [4.69, 9.17) is 4.74 Å². The number of aromatic nitrogens is 1. The number of methoxy groups -OCH3 is 1. The van der Waals surface area contributed by atoms with Crippen LogP contribution in [0.1, 0.15) is 27.7 Å². The SMILES string of the molecule is COC1c2ccccc2C(=O)N1CCc1c[nH]c2ccccc12. The Balaban J connectivity index is 1.59. The fraction of sp³-hybridized carbons (Fsp3) is 0.211. The summed E-state index contributed by atoms with van der Waals surface area (Å²) in [6.07, 6.45) is 2.54. The molecule has 1 aliphatic heterocycles. The standard InChI is InChI=1S/C19H18N2O2/c1-23-19-16-8-3-2-7-15(16)18(22)21(19)11-10-13-12-20-17-9-5-4-6-14(13)17/h2-9,12,19-20H,10-11H2,1H3. The summed E-state index contributed by atoms with van der Waals surface area (Å²) in [5.41, 5.74) is 4.05. The fourth-order valence-corrected chi connectivity index (χ4v) is 3.39. The first-order valence-corrected chi connectivity index (χ1v) is 7.77. The van der Waals surface area contributed by atoms with Gasteiger partial charge in [-0.05, 0) is 24.1 Å². The van der Waals surface area contributed by atoms with Crippen LogP contribution in [0.15, 0.2) is 54.7 Å². The van der Waals surface area contributed by atoms with E-state index in [0.29, 0.717) is 6.54 Å². The van der Waals surface area contributed by atoms with Crippen LogP contribution in [0.5, 0.6) is 0 Å². The maximum atomic E-state index is 12.6. The zero-order chi connectivity index (χ0) is 15.8. The van der Waals surface area contributed by atoms with E-state index in [1.54, 1.807) is 7.11 Å². The molecule has 1 amide bonds. The molecule has 0 saturated carbocycles. The predicted octanol–water partition coefficient (Wildman–Crippen LogP) is 3.51. The number of rotatable bonds is 4. The Morgan fingerprint density at radius 1 is 1.13 bits per heavy atom. The Morgan fingerprint density at radius 3 is 2.78 bits per heavy atom. The van der Waals surface area contributed by atoms with E-state index in [1.165, 1.54) is 10.9 Å². The average molecular weight is 306 g/mol. The number of nitrogens with zero attached hydrogens (tertiary/aromatic N) is 1. The zero-order valence-electron chi connectivity index (χ0n) is 13.0. The number of ether oxygens (including phenoxy) is 1. The van der Waals surface area contributed by atoms with Gasteiger partial charge < -0.3 is 14.6 Å². The third-order valence-corrected chi connectivity index (χ3v) is 4.52. The summed E-state index contributed by atoms with van der Waals surface area (Å²) in [5.74, 6) is 0.0484. The van der Waals surface area contributed by atoms with Crippen LogP contribution in [-0.2, 0) is 11.2 Å². The van der Waals surface area contributed by atoms with Gasteiger partial charge in [0.05, 0.1) is 0 Å². The Morgan fingerprint density at radius 2 is 1.91 bits per heavy atom. The molecule has 0 saturated heterocycles. The van der Waals surface area contributed by atoms with E-state index in [9.17, 15) is 4.79 Å². The molecule has 1 atom stereocenters. The number of aromatic amines is 1. The van der Waals surface area contributed by atoms with Gasteiger partial charge in [-0.3, -0.25) is 4.79 Å². The summed E-state index contributed by atoms with van der Waals surface area (Å²) >= 11 is 0. The minimum atomic E-state index is -0.288. The normalized spacial score (nSPS) is 17.0. The van der Waals surface area contributed by atoms with Gasteiger partial charge in [0.15, 0.2) is 6.23 Å². The van der Waals surface area contributed by atoms with Gasteiger partial charge in [-0.25, -0.2) is 0 Å². The highest BCUT2D eigenvalue weighted by Gasteiger charge is 2.36. The number of hydrogen-bond donors (Lipinski definition) is 1. The Kier molecular flexibility index (Phi) is 3.39. The van der Waals surface area contributed by atoms with E-state index >= 15 is 0 Å². The Bertz CT molecular complexity index is 868. The lowest BCUT2D eigenvalue weighted by molar-refractivity contribution is -0.0119. The predicted molar refractivity (Wildman–Crippen MR) is 89.2 cm³/mol. The molecule has 23 heavy (non-hydrogen) atoms. The second-order valence-corrected chi connectivity index (χ2v) is 5.78. The van der Waals surface area contributed by atoms with Crippen molar-refractivity contribution in [1.29, 1.82) is 0 Å². The van der Waals surface area contributed by atoms with Gasteiger partial charge in [-0.15, -0.1) is 0 Å². The summed E-state index contributed by atoms with van der Waals surface area (Å²) in [6.45, 7) is 0.633. The van der Waals surface area contributed by atoms with Crippen LogP contribution in [-0.4, -0.2) is 29.4 Å². The number of hydrogen-bond acceptors (Lipinski definition) is 2. The number of carbonyl (C=O) groups is 1. The van der Waals surface area contributed by atoms with Crippen LogP contribution in [0.2, 0.25) is 0 Å². The first-order chi connectivity index (χ1) is 11.3. The van der Waals surface area contributed by atoms with Crippen LogP contribution in [0.4, 0.5) is 0 Å². The summed E-state index contributed by atoms with van der Waals surface area (Å²) in [5, 5.41) is 1.21. The number of H-pyrrole nitrogens is 1. The van der Waals surface area contributed by atoms with Crippen LogP contribution < -0.4 is 0 Å². The van der Waals surface area contributed by atoms with Gasteiger partial charge in [0.2, 0.25) is 0 Å². The van der Waals surface area contributed by atoms with Crippen LogP contribution in [0.25, 0.3) is 10.9 Å². The van der Waals surface area contributed by atoms with Crippen LogP contribution >= 0.6 is 0 Å². The molecule has 1 N–H and O–H groups in total. The third-order valence-electron chi connectivity index (χ3n) is 4.52. The molecule has 1 aromatic heterocycles. The quantitative estimate of drug-likeness (QED) is 0.801. The highest BCUT2D eigenvalue weighted by molar-refractivity contribution is 5.99. The third kappa shape index (κ3) is 2.23. The molecule has 4 nitrogen and oxygen atoms in total. The lowest BCUT2D eigenvalue weighted by atomic mass is 10.1. The number of para-hydroxylation sites is 1. The molecule has 2 aromatic carbocycles. The van der Waals surface area contributed by atoms with Crippen molar-refractivity contribution in [3.63, 3.8) is 0 Å². The number of carbonyl (C=O) groups excluding carboxylic acids is 1. The topological polar surface area (TPSA) is 45.3 Å². The second-order valence-electron chi connectivity index (χ2n) is 5.78. The van der Waals surface area contributed by atoms with Crippen LogP contribution in [0.3, 0.4) is 0 Å². The van der Waals surface area contributed by atoms with Gasteiger partial charge in [0.25, 0.3) is 5.91 Å². The minimum absolute atomic E-state index is 0.0484. The number of nitrogens with one attached hydrogen (secondary N) is 1. The van der Waals surface area contributed by atoms with Crippen molar-refractivity contribution in [3.05, 3.63) is 71.4 Å². The van der Waals surface area contributed by atoms with Crippen molar-refractivity contribution in [2.24, 2.45) is 0 Å². The van der Waals surface area contributed by atoms with Crippen molar-refractivity contribution >= 4 is 16.8 Å². The molecule has 0 aliphatic carbocycles. The van der Waals surface area contributed by atoms with E-state index in [1.807, 2.05) is 47.5 Å². The van der Waals surface area contributed by atoms with Gasteiger partial charge in [0.1, 0.15) is 0 Å². The van der Waals surface area contributed by atoms with Gasteiger partial charge in [-0.2, -0.15) is 0 Å².